The van der Waals surface area contributed by atoms with Crippen molar-refractivity contribution in [1.82, 2.24) is 9.97 Å². The Morgan fingerprint density at radius 1 is 0.951 bits per heavy atom. The maximum absolute atomic E-state index is 5.18. The molecule has 3 atom stereocenters. The zero-order valence-electron chi connectivity index (χ0n) is 23.4. The van der Waals surface area contributed by atoms with Crippen LogP contribution in [-0.2, 0) is 0 Å². The quantitative estimate of drug-likeness (QED) is 0.251. The molecule has 0 radical (unpaired) electrons. The molecule has 3 aromatic rings. The Kier molecular flexibility index (Phi) is 8.23. The van der Waals surface area contributed by atoms with Crippen LogP contribution in [0.3, 0.4) is 0 Å². The van der Waals surface area contributed by atoms with Crippen molar-refractivity contribution >= 4 is 40.1 Å². The Bertz CT molecular complexity index is 1640. The van der Waals surface area contributed by atoms with Crippen molar-refractivity contribution in [3.05, 3.63) is 142 Å². The summed E-state index contributed by atoms with van der Waals surface area (Å²) >= 11 is 2.35. The lowest BCUT2D eigenvalue weighted by Gasteiger charge is -2.29. The summed E-state index contributed by atoms with van der Waals surface area (Å²) < 4.78 is 1.21. The second kappa shape index (κ2) is 12.4. The Labute approximate surface area is 256 Å². The lowest BCUT2D eigenvalue weighted by Crippen LogP contribution is -2.31. The second-order valence-corrected chi connectivity index (χ2v) is 11.9. The molecule has 0 spiro atoms. The third-order valence-electron chi connectivity index (χ3n) is 7.97. The van der Waals surface area contributed by atoms with E-state index in [0.717, 1.165) is 46.9 Å². The minimum atomic E-state index is 0.165. The van der Waals surface area contributed by atoms with E-state index < -0.39 is 0 Å². The van der Waals surface area contributed by atoms with Gasteiger partial charge < -0.3 is 4.90 Å². The number of aromatic nitrogens is 2. The molecule has 5 heteroatoms. The highest BCUT2D eigenvalue weighted by atomic mass is 127. The average molecular weight is 649 g/mol. The molecular formula is C36H33IN4. The largest absolute Gasteiger partial charge is 0.338 e. The van der Waals surface area contributed by atoms with E-state index in [2.05, 4.69) is 150 Å². The SMILES string of the molecule is CC(CC1c2ccccc2N(C2=C/C=C\C=N\C=C\2)C1C)c1nc(C2=CCC=CC=C2)cc(-c2ccc(I)cc2)n1. The molecule has 0 amide bonds. The van der Waals surface area contributed by atoms with E-state index in [1.54, 1.807) is 0 Å². The lowest BCUT2D eigenvalue weighted by atomic mass is 9.86. The van der Waals surface area contributed by atoms with Gasteiger partial charge in [0.15, 0.2) is 0 Å². The van der Waals surface area contributed by atoms with Crippen molar-refractivity contribution in [1.29, 1.82) is 0 Å². The summed E-state index contributed by atoms with van der Waals surface area (Å²) in [5, 5.41) is 0. The Hall–Kier alpha value is -3.84. The minimum Gasteiger partial charge on any atom is -0.338 e. The summed E-state index contributed by atoms with van der Waals surface area (Å²) in [5.74, 6) is 1.40. The maximum Gasteiger partial charge on any atom is 0.132 e. The number of fused-ring (bicyclic) bond motifs is 1. The van der Waals surface area contributed by atoms with Crippen molar-refractivity contribution in [2.75, 3.05) is 4.90 Å². The van der Waals surface area contributed by atoms with Crippen molar-refractivity contribution < 1.29 is 0 Å². The number of aliphatic imine (C=N–C) groups is 1. The molecule has 0 saturated carbocycles. The number of hydrogen-bond donors (Lipinski definition) is 0. The molecule has 2 aromatic carbocycles. The fourth-order valence-corrected chi connectivity index (χ4v) is 6.23. The predicted octanol–water partition coefficient (Wildman–Crippen LogP) is 9.17. The summed E-state index contributed by atoms with van der Waals surface area (Å²) in [6, 6.07) is 19.8. The van der Waals surface area contributed by atoms with Crippen LogP contribution in [0, 0.1) is 3.57 Å². The predicted molar refractivity (Wildman–Crippen MR) is 180 cm³/mol. The highest BCUT2D eigenvalue weighted by Gasteiger charge is 2.37. The average Bonchev–Trinajstić information content (AvgIpc) is 3.13. The molecule has 3 aliphatic rings. The molecule has 0 bridgehead atoms. The van der Waals surface area contributed by atoms with Gasteiger partial charge in [-0.1, -0.05) is 73.7 Å². The monoisotopic (exact) mass is 648 g/mol. The van der Waals surface area contributed by atoms with E-state index in [-0.39, 0.29) is 12.0 Å². The molecule has 0 N–H and O–H groups in total. The molecule has 4 nitrogen and oxygen atoms in total. The van der Waals surface area contributed by atoms with Crippen LogP contribution in [0.25, 0.3) is 16.8 Å². The van der Waals surface area contributed by atoms with E-state index in [4.69, 9.17) is 9.97 Å². The number of nitrogens with zero attached hydrogens (tertiary/aromatic N) is 4. The zero-order valence-corrected chi connectivity index (χ0v) is 25.5. The number of benzene rings is 2. The first kappa shape index (κ1) is 27.3. The number of rotatable bonds is 6. The Morgan fingerprint density at radius 3 is 2.66 bits per heavy atom. The number of anilines is 1. The molecule has 1 aliphatic carbocycles. The van der Waals surface area contributed by atoms with Crippen LogP contribution in [0.1, 0.15) is 55.6 Å². The number of hydrogen-bond acceptors (Lipinski definition) is 4. The van der Waals surface area contributed by atoms with Crippen LogP contribution in [0.5, 0.6) is 0 Å². The third-order valence-corrected chi connectivity index (χ3v) is 8.69. The van der Waals surface area contributed by atoms with Crippen LogP contribution >= 0.6 is 22.6 Å². The maximum atomic E-state index is 5.18. The van der Waals surface area contributed by atoms with Crippen LogP contribution < -0.4 is 4.90 Å². The van der Waals surface area contributed by atoms with Gasteiger partial charge in [0.05, 0.1) is 11.4 Å². The van der Waals surface area contributed by atoms with Crippen molar-refractivity contribution in [2.24, 2.45) is 4.99 Å². The normalized spacial score (nSPS) is 23.8. The van der Waals surface area contributed by atoms with E-state index in [9.17, 15) is 0 Å². The van der Waals surface area contributed by atoms with Gasteiger partial charge in [-0.2, -0.15) is 0 Å². The minimum absolute atomic E-state index is 0.165. The Balaban J connectivity index is 1.36. The van der Waals surface area contributed by atoms with Gasteiger partial charge in [0, 0.05) is 50.8 Å². The second-order valence-electron chi connectivity index (χ2n) is 10.7. The summed E-state index contributed by atoms with van der Waals surface area (Å²) in [6.45, 7) is 4.61. The number of allylic oxidation sites excluding steroid dienone is 10. The third kappa shape index (κ3) is 5.96. The summed E-state index contributed by atoms with van der Waals surface area (Å²) in [5.41, 5.74) is 8.00. The van der Waals surface area contributed by atoms with E-state index >= 15 is 0 Å². The van der Waals surface area contributed by atoms with Gasteiger partial charge in [-0.3, -0.25) is 4.99 Å². The summed E-state index contributed by atoms with van der Waals surface area (Å²) in [6.07, 6.45) is 24.6. The molecule has 2 aliphatic heterocycles. The van der Waals surface area contributed by atoms with Crippen LogP contribution in [0.15, 0.2) is 126 Å². The highest BCUT2D eigenvalue weighted by Crippen LogP contribution is 2.47. The molecule has 204 valence electrons. The smallest absolute Gasteiger partial charge is 0.132 e. The van der Waals surface area contributed by atoms with Gasteiger partial charge in [-0.05, 0) is 96.0 Å². The van der Waals surface area contributed by atoms with Gasteiger partial charge in [0.2, 0.25) is 0 Å². The molecular weight excluding hydrogens is 615 g/mol. The van der Waals surface area contributed by atoms with Gasteiger partial charge in [-0.15, -0.1) is 0 Å². The van der Waals surface area contributed by atoms with E-state index in [1.807, 2.05) is 18.5 Å². The highest BCUT2D eigenvalue weighted by molar-refractivity contribution is 14.1. The van der Waals surface area contributed by atoms with Gasteiger partial charge in [-0.25, -0.2) is 9.97 Å². The summed E-state index contributed by atoms with van der Waals surface area (Å²) in [7, 11) is 0. The lowest BCUT2D eigenvalue weighted by molar-refractivity contribution is 0.494. The van der Waals surface area contributed by atoms with Gasteiger partial charge in [0.25, 0.3) is 0 Å². The summed E-state index contributed by atoms with van der Waals surface area (Å²) in [4.78, 5) is 17.1. The first-order valence-corrected chi connectivity index (χ1v) is 15.3. The van der Waals surface area contributed by atoms with E-state index in [0.29, 0.717) is 5.92 Å². The standard InChI is InChI=1S/C36H33IN4/c1-25(23-32-26(2)41(35-15-8-7-14-31(32)35)30-13-9-10-21-38-22-20-30)36-39-33(27-11-5-3-4-6-12-27)24-34(40-36)28-16-18-29(37)19-17-28/h3-5,7-22,24-26,32H,6,23H2,1-2H3/b10-9-,13-9?,21-10?,22-20+,30-13+,30-20?,38-21+,38-22?. The number of halogens is 1. The van der Waals surface area contributed by atoms with Crippen molar-refractivity contribution in [2.45, 2.75) is 44.6 Å². The fourth-order valence-electron chi connectivity index (χ4n) is 5.87. The molecule has 0 fully saturated rings. The molecule has 41 heavy (non-hydrogen) atoms. The first-order valence-electron chi connectivity index (χ1n) is 14.2. The van der Waals surface area contributed by atoms with Crippen LogP contribution in [0.4, 0.5) is 5.69 Å². The number of para-hydroxylation sites is 1. The van der Waals surface area contributed by atoms with E-state index in [1.165, 1.54) is 14.8 Å². The first-order chi connectivity index (χ1) is 20.1. The Morgan fingerprint density at radius 2 is 1.78 bits per heavy atom. The molecule has 3 unspecified atom stereocenters. The molecule has 1 aromatic heterocycles. The van der Waals surface area contributed by atoms with Crippen LogP contribution in [0.2, 0.25) is 0 Å². The topological polar surface area (TPSA) is 41.4 Å². The molecule has 3 heterocycles. The van der Waals surface area contributed by atoms with Crippen molar-refractivity contribution in [3.63, 3.8) is 0 Å². The molecule has 0 saturated heterocycles. The zero-order chi connectivity index (χ0) is 28.2. The van der Waals surface area contributed by atoms with Gasteiger partial charge in [0.1, 0.15) is 5.82 Å². The fraction of sp³-hybridized carbons (Fsp3) is 0.194. The van der Waals surface area contributed by atoms with Gasteiger partial charge >= 0.3 is 0 Å². The molecule has 6 rings (SSSR count). The van der Waals surface area contributed by atoms with Crippen molar-refractivity contribution in [3.8, 4) is 11.3 Å². The van der Waals surface area contributed by atoms with Crippen LogP contribution in [-0.4, -0.2) is 22.2 Å².